The fourth-order valence-corrected chi connectivity index (χ4v) is 3.38. The van der Waals surface area contributed by atoms with Crippen LogP contribution >= 0.6 is 22.7 Å². The van der Waals surface area contributed by atoms with Crippen LogP contribution in [0.2, 0.25) is 0 Å². The van der Waals surface area contributed by atoms with Gasteiger partial charge in [0, 0.05) is 6.42 Å². The molecule has 0 bridgehead atoms. The van der Waals surface area contributed by atoms with E-state index in [1.807, 2.05) is 6.92 Å². The average Bonchev–Trinajstić information content (AvgIpc) is 2.41. The van der Waals surface area contributed by atoms with Gasteiger partial charge in [0.15, 0.2) is 9.66 Å². The van der Waals surface area contributed by atoms with E-state index in [4.69, 9.17) is 0 Å². The van der Waals surface area contributed by atoms with Gasteiger partial charge in [0.1, 0.15) is 0 Å². The van der Waals surface area contributed by atoms with Gasteiger partial charge >= 0.3 is 0 Å². The predicted molar refractivity (Wildman–Crippen MR) is 58.6 cm³/mol. The van der Waals surface area contributed by atoms with E-state index in [0.717, 1.165) is 21.1 Å². The number of nitrogens with zero attached hydrogens (tertiary/aromatic N) is 2. The highest BCUT2D eigenvalue weighted by Crippen LogP contribution is 2.27. The molecule has 0 aliphatic rings. The third kappa shape index (κ3) is 1.89. The summed E-state index contributed by atoms with van der Waals surface area (Å²) < 4.78 is 0. The molecule has 2 heterocycles. The van der Waals surface area contributed by atoms with E-state index < -0.39 is 0 Å². The lowest BCUT2D eigenvalue weighted by Crippen LogP contribution is -1.91. The summed E-state index contributed by atoms with van der Waals surface area (Å²) in [6, 6.07) is 0. The lowest BCUT2D eigenvalue weighted by molar-refractivity contribution is 0.645. The summed E-state index contributed by atoms with van der Waals surface area (Å²) in [6.45, 7) is 6.46. The Labute approximate surface area is 85.7 Å². The van der Waals surface area contributed by atoms with Crippen molar-refractivity contribution in [2.24, 2.45) is 5.92 Å². The van der Waals surface area contributed by atoms with Crippen molar-refractivity contribution in [2.45, 2.75) is 27.2 Å². The van der Waals surface area contributed by atoms with Crippen LogP contribution in [0.25, 0.3) is 9.66 Å². The van der Waals surface area contributed by atoms with Crippen LogP contribution in [0.5, 0.6) is 0 Å². The van der Waals surface area contributed by atoms with Crippen molar-refractivity contribution < 1.29 is 0 Å². The van der Waals surface area contributed by atoms with Crippen molar-refractivity contribution in [3.8, 4) is 0 Å². The van der Waals surface area contributed by atoms with E-state index in [1.165, 1.54) is 5.01 Å². The fourth-order valence-electron chi connectivity index (χ4n) is 1.22. The molecule has 0 spiro atoms. The van der Waals surface area contributed by atoms with Gasteiger partial charge in [-0.05, 0) is 12.8 Å². The van der Waals surface area contributed by atoms with Crippen molar-refractivity contribution in [2.75, 3.05) is 0 Å². The molecule has 0 aliphatic heterocycles. The summed E-state index contributed by atoms with van der Waals surface area (Å²) in [5.74, 6) is 0.682. The van der Waals surface area contributed by atoms with E-state index in [9.17, 15) is 0 Å². The van der Waals surface area contributed by atoms with Crippen LogP contribution in [0.3, 0.4) is 0 Å². The standard InChI is InChI=1S/C9H12N2S2/c1-5(2)4-7-11-9-8(13-7)10-6(3)12-9/h5H,4H2,1-3H3. The Balaban J connectivity index is 2.34. The van der Waals surface area contributed by atoms with Crippen LogP contribution in [0.4, 0.5) is 0 Å². The Kier molecular flexibility index (Phi) is 2.34. The Morgan fingerprint density at radius 2 is 1.85 bits per heavy atom. The van der Waals surface area contributed by atoms with E-state index >= 15 is 0 Å². The van der Waals surface area contributed by atoms with Crippen LogP contribution in [-0.2, 0) is 6.42 Å². The molecule has 0 fully saturated rings. The molecule has 2 aromatic rings. The monoisotopic (exact) mass is 212 g/mol. The van der Waals surface area contributed by atoms with E-state index in [-0.39, 0.29) is 0 Å². The first-order valence-corrected chi connectivity index (χ1v) is 6.01. The smallest absolute Gasteiger partial charge is 0.155 e. The second-order valence-corrected chi connectivity index (χ2v) is 5.79. The van der Waals surface area contributed by atoms with Gasteiger partial charge in [-0.25, -0.2) is 9.97 Å². The minimum atomic E-state index is 0.682. The second kappa shape index (κ2) is 3.35. The molecule has 13 heavy (non-hydrogen) atoms. The minimum Gasteiger partial charge on any atom is -0.229 e. The number of thiazole rings is 2. The van der Waals surface area contributed by atoms with Crippen molar-refractivity contribution in [3.63, 3.8) is 0 Å². The first kappa shape index (κ1) is 9.09. The van der Waals surface area contributed by atoms with Crippen molar-refractivity contribution in [1.29, 1.82) is 0 Å². The van der Waals surface area contributed by atoms with Crippen LogP contribution < -0.4 is 0 Å². The van der Waals surface area contributed by atoms with Crippen LogP contribution in [0.1, 0.15) is 23.9 Å². The molecular weight excluding hydrogens is 200 g/mol. The van der Waals surface area contributed by atoms with Gasteiger partial charge in [0.25, 0.3) is 0 Å². The van der Waals surface area contributed by atoms with Gasteiger partial charge in [0.05, 0.1) is 10.0 Å². The molecule has 2 nitrogen and oxygen atoms in total. The third-order valence-electron chi connectivity index (χ3n) is 1.71. The summed E-state index contributed by atoms with van der Waals surface area (Å²) in [5, 5.41) is 2.34. The molecule has 0 unspecified atom stereocenters. The minimum absolute atomic E-state index is 0.682. The predicted octanol–water partition coefficient (Wildman–Crippen LogP) is 3.26. The highest BCUT2D eigenvalue weighted by atomic mass is 32.1. The van der Waals surface area contributed by atoms with Crippen molar-refractivity contribution >= 4 is 32.3 Å². The Morgan fingerprint density at radius 1 is 1.15 bits per heavy atom. The Morgan fingerprint density at radius 3 is 2.46 bits per heavy atom. The van der Waals surface area contributed by atoms with Gasteiger partial charge in [0.2, 0.25) is 0 Å². The van der Waals surface area contributed by atoms with Gasteiger partial charge in [-0.3, -0.25) is 0 Å². The van der Waals surface area contributed by atoms with Crippen molar-refractivity contribution in [1.82, 2.24) is 9.97 Å². The highest BCUT2D eigenvalue weighted by Gasteiger charge is 2.08. The van der Waals surface area contributed by atoms with E-state index in [1.54, 1.807) is 22.7 Å². The maximum Gasteiger partial charge on any atom is 0.155 e. The van der Waals surface area contributed by atoms with Gasteiger partial charge in [-0.2, -0.15) is 0 Å². The van der Waals surface area contributed by atoms with Crippen LogP contribution in [-0.4, -0.2) is 9.97 Å². The molecule has 2 aromatic heterocycles. The summed E-state index contributed by atoms with van der Waals surface area (Å²) in [4.78, 5) is 11.2. The van der Waals surface area contributed by atoms with E-state index in [0.29, 0.717) is 5.92 Å². The fraction of sp³-hybridized carbons (Fsp3) is 0.556. The van der Waals surface area contributed by atoms with Crippen LogP contribution in [0.15, 0.2) is 0 Å². The number of aromatic nitrogens is 2. The first-order valence-electron chi connectivity index (χ1n) is 4.38. The number of aryl methyl sites for hydroxylation is 1. The summed E-state index contributed by atoms with van der Waals surface area (Å²) in [6.07, 6.45) is 1.08. The van der Waals surface area contributed by atoms with Gasteiger partial charge in [-0.1, -0.05) is 36.5 Å². The number of hydrogen-bond acceptors (Lipinski definition) is 4. The van der Waals surface area contributed by atoms with Gasteiger partial charge in [-0.15, -0.1) is 0 Å². The molecule has 0 aromatic carbocycles. The molecule has 0 atom stereocenters. The maximum absolute atomic E-state index is 4.55. The molecule has 0 radical (unpaired) electrons. The Bertz CT molecular complexity index is 383. The zero-order valence-electron chi connectivity index (χ0n) is 8.00. The largest absolute Gasteiger partial charge is 0.229 e. The topological polar surface area (TPSA) is 25.8 Å². The SMILES string of the molecule is Cc1nc2sc(CC(C)C)nc2s1. The molecule has 4 heteroatoms. The number of fused-ring (bicyclic) bond motifs is 1. The van der Waals surface area contributed by atoms with Crippen molar-refractivity contribution in [3.05, 3.63) is 10.0 Å². The van der Waals surface area contributed by atoms with E-state index in [2.05, 4.69) is 23.8 Å². The molecular formula is C9H12N2S2. The first-order chi connectivity index (χ1) is 6.15. The molecule has 0 N–H and O–H groups in total. The second-order valence-electron chi connectivity index (χ2n) is 3.55. The average molecular weight is 212 g/mol. The molecule has 2 rings (SSSR count). The number of hydrogen-bond donors (Lipinski definition) is 0. The highest BCUT2D eigenvalue weighted by molar-refractivity contribution is 7.26. The summed E-state index contributed by atoms with van der Waals surface area (Å²) in [7, 11) is 0. The van der Waals surface area contributed by atoms with Crippen LogP contribution in [0, 0.1) is 12.8 Å². The molecule has 0 aliphatic carbocycles. The molecule has 70 valence electrons. The zero-order valence-corrected chi connectivity index (χ0v) is 9.63. The summed E-state index contributed by atoms with van der Waals surface area (Å²) in [5.41, 5.74) is 0. The quantitative estimate of drug-likeness (QED) is 0.763. The Hall–Kier alpha value is -0.480. The molecule has 0 saturated heterocycles. The zero-order chi connectivity index (χ0) is 9.42. The lowest BCUT2D eigenvalue weighted by atomic mass is 10.1. The molecule has 0 amide bonds. The molecule has 0 saturated carbocycles. The maximum atomic E-state index is 4.55. The van der Waals surface area contributed by atoms with Gasteiger partial charge < -0.3 is 0 Å². The lowest BCUT2D eigenvalue weighted by Gasteiger charge is -1.97. The normalized spacial score (nSPS) is 11.7. The summed E-state index contributed by atoms with van der Waals surface area (Å²) >= 11 is 3.42. The number of rotatable bonds is 2. The third-order valence-corrected chi connectivity index (χ3v) is 3.68.